The summed E-state index contributed by atoms with van der Waals surface area (Å²) in [5.41, 5.74) is 2.22. The zero-order valence-electron chi connectivity index (χ0n) is 19.2. The van der Waals surface area contributed by atoms with Gasteiger partial charge in [-0.05, 0) is 0 Å². The molecule has 37 heavy (non-hydrogen) atoms. The fourth-order valence-corrected chi connectivity index (χ4v) is 6.61. The SMILES string of the molecule is O=C(O)CC[C@@H](NS(=O)(=O)c1ccc(-c2ccc([AsH]C(=O)c3cc4ccccc4o3)cc2)cc1)C(=O)O. The van der Waals surface area contributed by atoms with Gasteiger partial charge >= 0.3 is 193 Å². The molecule has 3 N–H and O–H groups in total. The van der Waals surface area contributed by atoms with Gasteiger partial charge in [-0.1, -0.05) is 0 Å². The van der Waals surface area contributed by atoms with Gasteiger partial charge in [-0.3, -0.25) is 9.59 Å². The number of benzene rings is 3. The van der Waals surface area contributed by atoms with E-state index in [9.17, 15) is 27.9 Å². The first kappa shape index (κ1) is 26.3. The standard InChI is InChI=1S/C26H22AsNO8S/c29-24(30)14-13-21(26(32)33)28-37(34,35)20-11-7-17(8-12-20)16-5-9-19(10-6-16)27-25(31)23-15-18-3-1-2-4-22(18)36-23/h1-12,15,21,27-28H,13-14H2,(H,29,30)(H,32,33)/t21-/m1/s1. The number of carboxylic acid groups (broad SMARTS) is 2. The van der Waals surface area contributed by atoms with Crippen molar-refractivity contribution in [2.24, 2.45) is 0 Å². The van der Waals surface area contributed by atoms with E-state index in [0.29, 0.717) is 11.3 Å². The zero-order chi connectivity index (χ0) is 26.6. The van der Waals surface area contributed by atoms with Gasteiger partial charge in [0.05, 0.1) is 0 Å². The Morgan fingerprint density at radius 2 is 1.51 bits per heavy atom. The van der Waals surface area contributed by atoms with E-state index in [2.05, 4.69) is 0 Å². The van der Waals surface area contributed by atoms with Crippen LogP contribution in [0.5, 0.6) is 0 Å². The molecule has 1 heterocycles. The van der Waals surface area contributed by atoms with Gasteiger partial charge in [-0.2, -0.15) is 0 Å². The molecule has 0 aliphatic heterocycles. The Balaban J connectivity index is 1.43. The number of nitrogens with one attached hydrogen (secondary N) is 1. The predicted molar refractivity (Wildman–Crippen MR) is 138 cm³/mol. The van der Waals surface area contributed by atoms with Crippen molar-refractivity contribution in [3.63, 3.8) is 0 Å². The first-order valence-electron chi connectivity index (χ1n) is 11.1. The number of hydrogen-bond acceptors (Lipinski definition) is 6. The number of carboxylic acids is 2. The molecule has 4 rings (SSSR count). The number of hydrogen-bond donors (Lipinski definition) is 3. The quantitative estimate of drug-likeness (QED) is 0.228. The molecule has 0 aliphatic rings. The molecule has 1 unspecified atom stereocenters. The van der Waals surface area contributed by atoms with Crippen LogP contribution in [-0.2, 0) is 19.6 Å². The average molecular weight is 583 g/mol. The minimum Gasteiger partial charge on any atom is -0.480 e. The smallest absolute Gasteiger partial charge is 0.480 e. The van der Waals surface area contributed by atoms with Crippen molar-refractivity contribution < 1.29 is 37.4 Å². The minimum absolute atomic E-state index is 0.0194. The summed E-state index contributed by atoms with van der Waals surface area (Å²) in [6, 6.07) is 20.9. The molecule has 0 radical (unpaired) electrons. The molecule has 1 aromatic heterocycles. The van der Waals surface area contributed by atoms with Crippen LogP contribution >= 0.6 is 0 Å². The van der Waals surface area contributed by atoms with Crippen molar-refractivity contribution in [3.8, 4) is 11.1 Å². The number of carbonyl (C=O) groups excluding carboxylic acids is 1. The Bertz CT molecular complexity index is 1530. The number of sulfonamides is 1. The molecule has 0 amide bonds. The van der Waals surface area contributed by atoms with Crippen LogP contribution in [0.4, 0.5) is 0 Å². The normalized spacial score (nSPS) is 12.6. The van der Waals surface area contributed by atoms with Gasteiger partial charge in [0.2, 0.25) is 0 Å². The second-order valence-electron chi connectivity index (χ2n) is 8.15. The van der Waals surface area contributed by atoms with E-state index in [1.807, 2.05) is 53.3 Å². The number of carbonyl (C=O) groups is 3. The molecule has 3 aromatic carbocycles. The fourth-order valence-electron chi connectivity index (χ4n) is 3.61. The first-order chi connectivity index (χ1) is 17.6. The number of aliphatic carboxylic acids is 2. The van der Waals surface area contributed by atoms with Gasteiger partial charge in [0.25, 0.3) is 0 Å². The van der Waals surface area contributed by atoms with Crippen LogP contribution in [0.25, 0.3) is 22.1 Å². The van der Waals surface area contributed by atoms with E-state index in [1.165, 1.54) is 12.1 Å². The molecule has 0 spiro atoms. The molecule has 0 saturated heterocycles. The third-order valence-corrected chi connectivity index (χ3v) is 9.32. The van der Waals surface area contributed by atoms with Crippen LogP contribution in [0.1, 0.15) is 23.4 Å². The van der Waals surface area contributed by atoms with Crippen molar-refractivity contribution >= 4 is 57.6 Å². The van der Waals surface area contributed by atoms with Gasteiger partial charge in [-0.15, -0.1) is 0 Å². The van der Waals surface area contributed by atoms with E-state index in [0.717, 1.165) is 20.9 Å². The molecular formula is C26H22AsNO8S. The number of rotatable bonds is 11. The maximum absolute atomic E-state index is 12.7. The third-order valence-electron chi connectivity index (χ3n) is 5.53. The van der Waals surface area contributed by atoms with Crippen LogP contribution in [0.3, 0.4) is 0 Å². The van der Waals surface area contributed by atoms with Gasteiger partial charge < -0.3 is 10.2 Å². The molecule has 0 saturated carbocycles. The summed E-state index contributed by atoms with van der Waals surface area (Å²) in [5, 5.41) is 18.9. The minimum atomic E-state index is -4.17. The average Bonchev–Trinajstić information content (AvgIpc) is 3.31. The summed E-state index contributed by atoms with van der Waals surface area (Å²) < 4.78 is 33.8. The van der Waals surface area contributed by atoms with Crippen LogP contribution in [-0.4, -0.2) is 56.9 Å². The third kappa shape index (κ3) is 6.54. The van der Waals surface area contributed by atoms with Gasteiger partial charge in [-0.25, -0.2) is 0 Å². The van der Waals surface area contributed by atoms with Crippen LogP contribution in [0.2, 0.25) is 0 Å². The molecule has 0 aliphatic carbocycles. The summed E-state index contributed by atoms with van der Waals surface area (Å²) in [6.07, 6.45) is -0.864. The Hall–Kier alpha value is -3.72. The molecular weight excluding hydrogens is 561 g/mol. The monoisotopic (exact) mass is 583 g/mol. The fraction of sp³-hybridized carbons (Fsp3) is 0.115. The van der Waals surface area contributed by atoms with Crippen LogP contribution in [0, 0.1) is 0 Å². The van der Waals surface area contributed by atoms with Crippen molar-refractivity contribution in [1.29, 1.82) is 0 Å². The summed E-state index contributed by atoms with van der Waals surface area (Å²) in [7, 11) is -4.17. The second kappa shape index (κ2) is 11.1. The van der Waals surface area contributed by atoms with Crippen LogP contribution in [0.15, 0.2) is 88.2 Å². The Morgan fingerprint density at radius 1 is 0.892 bits per heavy atom. The summed E-state index contributed by atoms with van der Waals surface area (Å²) in [5.74, 6) is -2.32. The molecule has 4 aromatic rings. The molecule has 11 heteroatoms. The summed E-state index contributed by atoms with van der Waals surface area (Å²) in [4.78, 5) is 34.6. The molecule has 2 atom stereocenters. The van der Waals surface area contributed by atoms with E-state index in [-0.39, 0.29) is 15.9 Å². The topological polar surface area (TPSA) is 151 Å². The first-order valence-corrected chi connectivity index (χ1v) is 14.7. The van der Waals surface area contributed by atoms with E-state index in [4.69, 9.17) is 9.52 Å². The molecule has 9 nitrogen and oxygen atoms in total. The Labute approximate surface area is 218 Å². The number of fused-ring (bicyclic) bond motifs is 1. The summed E-state index contributed by atoms with van der Waals surface area (Å²) >= 11 is -1.14. The van der Waals surface area contributed by atoms with Crippen molar-refractivity contribution in [3.05, 3.63) is 84.6 Å². The number of furan rings is 1. The molecule has 0 bridgehead atoms. The van der Waals surface area contributed by atoms with Crippen molar-refractivity contribution in [1.82, 2.24) is 4.72 Å². The second-order valence-corrected chi connectivity index (χ2v) is 12.6. The van der Waals surface area contributed by atoms with E-state index in [1.54, 1.807) is 18.2 Å². The van der Waals surface area contributed by atoms with E-state index < -0.39 is 50.2 Å². The molecule has 190 valence electrons. The van der Waals surface area contributed by atoms with Crippen molar-refractivity contribution in [2.75, 3.05) is 0 Å². The maximum atomic E-state index is 12.7. The van der Waals surface area contributed by atoms with Gasteiger partial charge in [0, 0.05) is 6.42 Å². The number of para-hydroxylation sites is 1. The Morgan fingerprint density at radius 3 is 2.11 bits per heavy atom. The van der Waals surface area contributed by atoms with E-state index >= 15 is 0 Å². The van der Waals surface area contributed by atoms with Gasteiger partial charge in [0.15, 0.2) is 0 Å². The summed E-state index contributed by atoms with van der Waals surface area (Å²) in [6.45, 7) is 0. The predicted octanol–water partition coefficient (Wildman–Crippen LogP) is 2.60. The molecule has 0 fully saturated rings. The van der Waals surface area contributed by atoms with Crippen molar-refractivity contribution in [2.45, 2.75) is 23.8 Å². The zero-order valence-corrected chi connectivity index (χ0v) is 22.2. The Kier molecular flexibility index (Phi) is 7.92. The van der Waals surface area contributed by atoms with Crippen LogP contribution < -0.4 is 9.07 Å². The van der Waals surface area contributed by atoms with Gasteiger partial charge in [0.1, 0.15) is 0 Å².